The molecule has 48 heavy (non-hydrogen) atoms. The van der Waals surface area contributed by atoms with Crippen LogP contribution in [0.25, 0.3) is 0 Å². The van der Waals surface area contributed by atoms with Crippen molar-refractivity contribution in [2.24, 2.45) is 5.92 Å². The average Bonchev–Trinajstić information content (AvgIpc) is 3.00. The van der Waals surface area contributed by atoms with E-state index in [0.29, 0.717) is 18.4 Å². The van der Waals surface area contributed by atoms with E-state index in [0.717, 1.165) is 19.3 Å². The lowest BCUT2D eigenvalue weighted by Crippen LogP contribution is -2.83. The topological polar surface area (TPSA) is 134 Å². The first kappa shape index (κ1) is 41.0. The van der Waals surface area contributed by atoms with Gasteiger partial charge in [-0.3, -0.25) is 24.5 Å². The number of carbonyl (C=O) groups is 5. The van der Waals surface area contributed by atoms with E-state index in [4.69, 9.17) is 12.6 Å². The number of alkyl carbamates (subject to hydrolysis) is 1. The van der Waals surface area contributed by atoms with Crippen molar-refractivity contribution in [3.05, 3.63) is 35.4 Å². The summed E-state index contributed by atoms with van der Waals surface area (Å²) in [6, 6.07) is 6.82. The third kappa shape index (κ3) is 8.87. The first-order valence-electron chi connectivity index (χ1n) is 17.4. The Kier molecular flexibility index (Phi) is 13.3. The van der Waals surface area contributed by atoms with E-state index >= 15 is 0 Å². The molecule has 1 fully saturated rings. The van der Waals surface area contributed by atoms with Crippen molar-refractivity contribution in [1.82, 2.24) is 20.9 Å². The third-order valence-electron chi connectivity index (χ3n) is 10.0. The maximum atomic E-state index is 14.8. The number of amides is 3. The summed E-state index contributed by atoms with van der Waals surface area (Å²) in [5, 5.41) is 8.87. The van der Waals surface area contributed by atoms with Crippen molar-refractivity contribution in [2.75, 3.05) is 6.54 Å². The second-order valence-corrected chi connectivity index (χ2v) is 15.5. The summed E-state index contributed by atoms with van der Waals surface area (Å²) in [6.07, 6.45) is 3.56. The van der Waals surface area contributed by atoms with Gasteiger partial charge in [-0.15, -0.1) is 0 Å². The zero-order chi connectivity index (χ0) is 36.9. The number of rotatable bonds is 17. The lowest BCUT2D eigenvalue weighted by atomic mass is 9.68. The predicted octanol–water partition coefficient (Wildman–Crippen LogP) is 5.89. The van der Waals surface area contributed by atoms with E-state index in [1.165, 1.54) is 10.5 Å². The van der Waals surface area contributed by atoms with Crippen LogP contribution in [0, 0.1) is 5.92 Å². The van der Waals surface area contributed by atoms with Crippen molar-refractivity contribution < 1.29 is 28.7 Å². The van der Waals surface area contributed by atoms with Gasteiger partial charge >= 0.3 is 6.09 Å². The van der Waals surface area contributed by atoms with E-state index < -0.39 is 57.5 Å². The highest BCUT2D eigenvalue weighted by molar-refractivity contribution is 6.57. The minimum Gasteiger partial charge on any atom is -0.444 e. The van der Waals surface area contributed by atoms with Crippen LogP contribution in [0.2, 0.25) is 0 Å². The molecule has 2 rings (SSSR count). The van der Waals surface area contributed by atoms with Gasteiger partial charge in [0.2, 0.25) is 5.91 Å². The van der Waals surface area contributed by atoms with E-state index in [-0.39, 0.29) is 24.5 Å². The van der Waals surface area contributed by atoms with Gasteiger partial charge in [0, 0.05) is 17.6 Å². The Labute approximate surface area is 289 Å². The zero-order valence-electron chi connectivity index (χ0n) is 31.4. The SMILES string of the molecule is [B]C(=O)NC[C@@H](C(=O)C(C)(CC)N1C(=O)[C@H](NC(=O)OC(C)(C)C)C1(C)C)C(C)(C)NC(CC)(CC)C(=O)c1ccc(CCCC)cc1. The van der Waals surface area contributed by atoms with Crippen LogP contribution in [0.15, 0.2) is 24.3 Å². The number of hydrogen-bond donors (Lipinski definition) is 3. The Morgan fingerprint density at radius 3 is 1.94 bits per heavy atom. The van der Waals surface area contributed by atoms with E-state index in [9.17, 15) is 24.0 Å². The quantitative estimate of drug-likeness (QED) is 0.107. The van der Waals surface area contributed by atoms with Gasteiger partial charge in [0.15, 0.2) is 25.2 Å². The molecule has 0 aromatic heterocycles. The van der Waals surface area contributed by atoms with Crippen LogP contribution in [0.5, 0.6) is 0 Å². The predicted molar refractivity (Wildman–Crippen MR) is 190 cm³/mol. The van der Waals surface area contributed by atoms with Crippen LogP contribution >= 0.6 is 0 Å². The molecule has 1 aliphatic rings. The van der Waals surface area contributed by atoms with Crippen LogP contribution in [0.3, 0.4) is 0 Å². The molecule has 0 bridgehead atoms. The van der Waals surface area contributed by atoms with Gasteiger partial charge < -0.3 is 20.3 Å². The van der Waals surface area contributed by atoms with E-state index in [1.54, 1.807) is 41.5 Å². The number of nitrogens with one attached hydrogen (secondary N) is 3. The minimum atomic E-state index is -1.32. The number of ketones is 2. The zero-order valence-corrected chi connectivity index (χ0v) is 31.4. The normalized spacial score (nSPS) is 18.3. The molecule has 266 valence electrons. The van der Waals surface area contributed by atoms with Crippen LogP contribution < -0.4 is 16.0 Å². The molecule has 10 nitrogen and oxygen atoms in total. The number of benzene rings is 1. The summed E-state index contributed by atoms with van der Waals surface area (Å²) in [6.45, 7) is 21.9. The Morgan fingerprint density at radius 1 is 0.938 bits per heavy atom. The first-order valence-corrected chi connectivity index (χ1v) is 17.4. The summed E-state index contributed by atoms with van der Waals surface area (Å²) >= 11 is 0. The molecule has 1 aliphatic heterocycles. The van der Waals surface area contributed by atoms with Gasteiger partial charge in [0.25, 0.3) is 0 Å². The highest BCUT2D eigenvalue weighted by Gasteiger charge is 2.63. The van der Waals surface area contributed by atoms with Gasteiger partial charge in [0.05, 0.1) is 22.5 Å². The minimum absolute atomic E-state index is 0.0787. The average molecular weight is 667 g/mol. The lowest BCUT2D eigenvalue weighted by molar-refractivity contribution is -0.180. The maximum Gasteiger partial charge on any atom is 0.408 e. The molecule has 1 heterocycles. The van der Waals surface area contributed by atoms with E-state index in [2.05, 4.69) is 22.9 Å². The highest BCUT2D eigenvalue weighted by atomic mass is 16.6. The molecule has 1 aromatic carbocycles. The number of likely N-dealkylation sites (tertiary alicyclic amines) is 1. The second kappa shape index (κ2) is 15.6. The molecular weight excluding hydrogens is 607 g/mol. The first-order chi connectivity index (χ1) is 22.1. The molecule has 0 aliphatic carbocycles. The van der Waals surface area contributed by atoms with E-state index in [1.807, 2.05) is 58.9 Å². The van der Waals surface area contributed by atoms with Crippen LogP contribution in [-0.2, 0) is 20.7 Å². The Balaban J connectivity index is 2.49. The van der Waals surface area contributed by atoms with Crippen LogP contribution in [0.1, 0.15) is 131 Å². The number of ether oxygens (including phenoxy) is 1. The van der Waals surface area contributed by atoms with Crippen molar-refractivity contribution in [2.45, 2.75) is 155 Å². The largest absolute Gasteiger partial charge is 0.444 e. The van der Waals surface area contributed by atoms with Crippen LogP contribution in [-0.4, -0.2) is 82.5 Å². The number of hydrogen-bond acceptors (Lipinski definition) is 7. The molecule has 1 aromatic rings. The van der Waals surface area contributed by atoms with Crippen molar-refractivity contribution >= 4 is 37.2 Å². The molecule has 3 atom stereocenters. The number of nitrogens with zero attached hydrogens (tertiary/aromatic N) is 1. The van der Waals surface area contributed by atoms with Crippen molar-refractivity contribution in [3.63, 3.8) is 0 Å². The van der Waals surface area contributed by atoms with Gasteiger partial charge in [-0.1, -0.05) is 58.4 Å². The number of aryl methyl sites for hydroxylation is 1. The fourth-order valence-electron chi connectivity index (χ4n) is 7.01. The molecule has 3 N–H and O–H groups in total. The summed E-state index contributed by atoms with van der Waals surface area (Å²) < 4.78 is 5.38. The fraction of sp³-hybridized carbons (Fsp3) is 0.703. The van der Waals surface area contributed by atoms with Gasteiger partial charge in [0.1, 0.15) is 11.6 Å². The third-order valence-corrected chi connectivity index (χ3v) is 10.0. The smallest absolute Gasteiger partial charge is 0.408 e. The summed E-state index contributed by atoms with van der Waals surface area (Å²) in [5.41, 5.74) is -3.33. The fourth-order valence-corrected chi connectivity index (χ4v) is 7.01. The number of carbonyl (C=O) groups excluding carboxylic acids is 5. The second-order valence-electron chi connectivity index (χ2n) is 15.5. The molecule has 2 radical (unpaired) electrons. The molecule has 1 saturated heterocycles. The monoisotopic (exact) mass is 666 g/mol. The molecular formula is C37H59BN4O6. The summed E-state index contributed by atoms with van der Waals surface area (Å²) in [4.78, 5) is 68.9. The molecule has 11 heteroatoms. The molecule has 0 spiro atoms. The molecule has 1 unspecified atom stereocenters. The van der Waals surface area contributed by atoms with Gasteiger partial charge in [-0.2, -0.15) is 0 Å². The van der Waals surface area contributed by atoms with Gasteiger partial charge in [-0.25, -0.2) is 4.79 Å². The molecule has 0 saturated carbocycles. The van der Waals surface area contributed by atoms with Crippen molar-refractivity contribution in [3.8, 4) is 0 Å². The number of Topliss-reactive ketones (excluding diaryl/α,β-unsaturated/α-hetero) is 2. The Hall–Kier alpha value is -3.21. The highest BCUT2D eigenvalue weighted by Crippen LogP contribution is 2.43. The lowest BCUT2D eigenvalue weighted by Gasteiger charge is -2.61. The maximum absolute atomic E-state index is 14.8. The van der Waals surface area contributed by atoms with Crippen LogP contribution in [0.4, 0.5) is 9.59 Å². The molecule has 3 amide bonds. The summed E-state index contributed by atoms with van der Waals surface area (Å²) in [5.74, 6) is -2.49. The van der Waals surface area contributed by atoms with Gasteiger partial charge in [-0.05, 0) is 93.1 Å². The summed E-state index contributed by atoms with van der Waals surface area (Å²) in [7, 11) is 5.49. The standard InChI is InChI=1S/C37H59BN4O6/c1-13-17-18-24-19-21-25(22-20-24)28(43)37(15-3,16-4)41-34(8,9)26(23-39-31(38)46)29(44)36(12,14-2)42-30(45)27(35(42,10)11)40-32(47)48-33(5,6)7/h19-22,26-27,41H,13-18,23H2,1-12H3,(H,39,46)(H,40,47)/t26-,27-,36?/m0/s1. The number of unbranched alkanes of at least 4 members (excludes halogenated alkanes) is 1. The Bertz CT molecular complexity index is 1330. The number of β-lactam (4-membered cyclic amide) rings is 1. The Morgan fingerprint density at radius 2 is 1.50 bits per heavy atom. The van der Waals surface area contributed by atoms with Crippen molar-refractivity contribution in [1.29, 1.82) is 0 Å².